The average molecular weight is 195 g/mol. The van der Waals surface area contributed by atoms with Crippen LogP contribution < -0.4 is 0 Å². The van der Waals surface area contributed by atoms with Crippen LogP contribution in [0.5, 0.6) is 0 Å². The monoisotopic (exact) mass is 194 g/mol. The molecule has 0 heterocycles. The normalized spacial score (nSPS) is 9.00. The Hall–Kier alpha value is -1.37. The number of ketones is 1. The summed E-state index contributed by atoms with van der Waals surface area (Å²) < 4.78 is 0. The van der Waals surface area contributed by atoms with E-state index in [0.29, 0.717) is 5.56 Å². The third kappa shape index (κ3) is 2.28. The zero-order valence-electron chi connectivity index (χ0n) is 6.79. The molecule has 0 aromatic heterocycles. The molecular weight excluding hydrogens is 188 g/mol. The molecule has 0 aliphatic carbocycles. The molecule has 0 bridgehead atoms. The molecule has 13 heavy (non-hydrogen) atoms. The fraction of sp³-hybridized carbons (Fsp3) is 0.100. The summed E-state index contributed by atoms with van der Waals surface area (Å²) in [5.41, 5.74) is 0.568. The van der Waals surface area contributed by atoms with Crippen LogP contribution in [-0.2, 0) is 9.59 Å². The molecule has 0 fully saturated rings. The second-order valence-electron chi connectivity index (χ2n) is 2.40. The van der Waals surface area contributed by atoms with E-state index in [-0.39, 0.29) is 11.5 Å². The number of carbonyl (C=O) groups excluding carboxylic acids is 2. The van der Waals surface area contributed by atoms with Crippen LogP contribution in [-0.4, -0.2) is 17.6 Å². The summed E-state index contributed by atoms with van der Waals surface area (Å²) in [6.45, 7) is 0. The molecule has 0 saturated heterocycles. The Morgan fingerprint density at radius 2 is 1.92 bits per heavy atom. The van der Waals surface area contributed by atoms with E-state index in [1.54, 1.807) is 36.3 Å². The average Bonchev–Trinajstić information content (AvgIpc) is 2.20. The van der Waals surface area contributed by atoms with Crippen LogP contribution in [0, 0.1) is 0 Å². The van der Waals surface area contributed by atoms with Gasteiger partial charge in [-0.2, -0.15) is 0 Å². The molecule has 1 rings (SSSR count). The van der Waals surface area contributed by atoms with Crippen molar-refractivity contribution in [2.45, 2.75) is 0 Å². The first-order chi connectivity index (χ1) is 6.29. The molecule has 0 radical (unpaired) electrons. The Labute approximate surface area is 80.8 Å². The van der Waals surface area contributed by atoms with Crippen LogP contribution in [0.15, 0.2) is 30.3 Å². The highest BCUT2D eigenvalue weighted by atomic mass is 35.5. The van der Waals surface area contributed by atoms with Crippen molar-refractivity contribution < 1.29 is 9.59 Å². The van der Waals surface area contributed by atoms with Crippen LogP contribution >= 0.6 is 11.6 Å². The van der Waals surface area contributed by atoms with Crippen LogP contribution in [0.25, 0.3) is 5.57 Å². The van der Waals surface area contributed by atoms with Crippen molar-refractivity contribution in [1.82, 2.24) is 0 Å². The van der Waals surface area contributed by atoms with Crippen LogP contribution in [0.3, 0.4) is 0 Å². The number of rotatable bonds is 3. The van der Waals surface area contributed by atoms with Gasteiger partial charge in [0.05, 0.1) is 5.88 Å². The van der Waals surface area contributed by atoms with Crippen molar-refractivity contribution in [3.05, 3.63) is 35.9 Å². The quantitative estimate of drug-likeness (QED) is 0.417. The number of hydrogen-bond acceptors (Lipinski definition) is 2. The fourth-order valence-electron chi connectivity index (χ4n) is 0.948. The van der Waals surface area contributed by atoms with Gasteiger partial charge in [0.25, 0.3) is 0 Å². The van der Waals surface area contributed by atoms with Gasteiger partial charge in [0, 0.05) is 0 Å². The van der Waals surface area contributed by atoms with Gasteiger partial charge >= 0.3 is 0 Å². The second-order valence-corrected chi connectivity index (χ2v) is 2.67. The van der Waals surface area contributed by atoms with Crippen molar-refractivity contribution in [3.63, 3.8) is 0 Å². The number of halogens is 1. The Kier molecular flexibility index (Phi) is 3.44. The molecule has 1 aromatic carbocycles. The topological polar surface area (TPSA) is 34.1 Å². The molecule has 1 aromatic rings. The van der Waals surface area contributed by atoms with Crippen molar-refractivity contribution in [2.24, 2.45) is 0 Å². The van der Waals surface area contributed by atoms with Gasteiger partial charge in [0.15, 0.2) is 5.78 Å². The highest BCUT2D eigenvalue weighted by Gasteiger charge is 2.10. The highest BCUT2D eigenvalue weighted by Crippen LogP contribution is 2.12. The van der Waals surface area contributed by atoms with Crippen molar-refractivity contribution in [2.75, 3.05) is 5.88 Å². The zero-order valence-corrected chi connectivity index (χ0v) is 7.54. The summed E-state index contributed by atoms with van der Waals surface area (Å²) >= 11 is 5.33. The number of hydrogen-bond donors (Lipinski definition) is 0. The van der Waals surface area contributed by atoms with E-state index in [4.69, 9.17) is 11.6 Å². The van der Waals surface area contributed by atoms with Gasteiger partial charge in [0.2, 0.25) is 0 Å². The molecule has 0 saturated carbocycles. The Bertz CT molecular complexity index is 350. The molecule has 3 heteroatoms. The van der Waals surface area contributed by atoms with Crippen molar-refractivity contribution in [1.29, 1.82) is 0 Å². The number of carbonyl (C=O) groups is 1. The predicted molar refractivity (Wildman–Crippen MR) is 51.3 cm³/mol. The van der Waals surface area contributed by atoms with Crippen LogP contribution in [0.1, 0.15) is 5.56 Å². The number of alkyl halides is 1. The first-order valence-electron chi connectivity index (χ1n) is 3.69. The van der Waals surface area contributed by atoms with Crippen molar-refractivity contribution >= 4 is 28.9 Å². The molecule has 0 unspecified atom stereocenters. The summed E-state index contributed by atoms with van der Waals surface area (Å²) in [6.07, 6.45) is 0. The summed E-state index contributed by atoms with van der Waals surface area (Å²) in [7, 11) is 0. The predicted octanol–water partition coefficient (Wildman–Crippen LogP) is 1.71. The molecule has 0 atom stereocenters. The minimum atomic E-state index is -0.400. The van der Waals surface area contributed by atoms with E-state index in [9.17, 15) is 9.59 Å². The second kappa shape index (κ2) is 4.61. The summed E-state index contributed by atoms with van der Waals surface area (Å²) in [6, 6.07) is 8.63. The minimum absolute atomic E-state index is 0.00981. The van der Waals surface area contributed by atoms with E-state index in [1.807, 2.05) is 0 Å². The first-order valence-corrected chi connectivity index (χ1v) is 4.22. The van der Waals surface area contributed by atoms with E-state index < -0.39 is 5.78 Å². The largest absolute Gasteiger partial charge is 0.292 e. The SMILES string of the molecule is O=C=C(C(=O)CCl)c1ccccc1. The minimum Gasteiger partial charge on any atom is -0.292 e. The van der Waals surface area contributed by atoms with Gasteiger partial charge in [-0.3, -0.25) is 4.79 Å². The van der Waals surface area contributed by atoms with E-state index in [1.165, 1.54) is 0 Å². The number of Topliss-reactive ketones (excluding diaryl/α,β-unsaturated/α-hetero) is 1. The maximum absolute atomic E-state index is 11.1. The molecule has 0 aliphatic rings. The zero-order chi connectivity index (χ0) is 9.68. The highest BCUT2D eigenvalue weighted by molar-refractivity contribution is 6.41. The summed E-state index contributed by atoms with van der Waals surface area (Å²) in [5.74, 6) is 1.01. The number of allylic oxidation sites excluding steroid dienone is 1. The Balaban J connectivity index is 3.07. The lowest BCUT2D eigenvalue weighted by molar-refractivity contribution is -0.111. The van der Waals surface area contributed by atoms with Crippen molar-refractivity contribution in [3.8, 4) is 0 Å². The van der Waals surface area contributed by atoms with Crippen LogP contribution in [0.4, 0.5) is 0 Å². The Morgan fingerprint density at radius 3 is 2.38 bits per heavy atom. The van der Waals surface area contributed by atoms with Gasteiger partial charge in [-0.15, -0.1) is 11.6 Å². The molecule has 0 amide bonds. The van der Waals surface area contributed by atoms with Gasteiger partial charge in [-0.25, -0.2) is 4.79 Å². The van der Waals surface area contributed by atoms with Crippen LogP contribution in [0.2, 0.25) is 0 Å². The smallest absolute Gasteiger partial charge is 0.189 e. The molecule has 0 spiro atoms. The standard InChI is InChI=1S/C10H7ClO2/c11-6-10(13)9(7-12)8-4-2-1-3-5-8/h1-5H,6H2. The molecule has 0 aliphatic heterocycles. The van der Waals surface area contributed by atoms with Gasteiger partial charge in [-0.1, -0.05) is 30.3 Å². The van der Waals surface area contributed by atoms with E-state index in [0.717, 1.165) is 0 Å². The third-order valence-electron chi connectivity index (χ3n) is 1.56. The molecule has 0 N–H and O–H groups in total. The van der Waals surface area contributed by atoms with Gasteiger partial charge < -0.3 is 0 Å². The van der Waals surface area contributed by atoms with Gasteiger partial charge in [0.1, 0.15) is 11.5 Å². The third-order valence-corrected chi connectivity index (χ3v) is 1.81. The van der Waals surface area contributed by atoms with E-state index >= 15 is 0 Å². The fourth-order valence-corrected chi connectivity index (χ4v) is 1.08. The molecular formula is C10H7ClO2. The maximum atomic E-state index is 11.1. The van der Waals surface area contributed by atoms with E-state index in [2.05, 4.69) is 0 Å². The lowest BCUT2D eigenvalue weighted by Gasteiger charge is -1.98. The summed E-state index contributed by atoms with van der Waals surface area (Å²) in [4.78, 5) is 21.6. The molecule has 2 nitrogen and oxygen atoms in total. The molecule has 66 valence electrons. The maximum Gasteiger partial charge on any atom is 0.189 e. The first kappa shape index (κ1) is 9.72. The summed E-state index contributed by atoms with van der Waals surface area (Å²) in [5, 5.41) is 0. The lowest BCUT2D eigenvalue weighted by Crippen LogP contribution is -2.03. The number of benzene rings is 1. The lowest BCUT2D eigenvalue weighted by atomic mass is 10.0. The Morgan fingerprint density at radius 1 is 1.31 bits per heavy atom. The van der Waals surface area contributed by atoms with Gasteiger partial charge in [-0.05, 0) is 5.56 Å².